The third kappa shape index (κ3) is 4.66. The number of hydrogen-bond acceptors (Lipinski definition) is 7. The van der Waals surface area contributed by atoms with Crippen LogP contribution in [0.4, 0.5) is 0 Å². The number of nitriles is 1. The highest BCUT2D eigenvalue weighted by Gasteiger charge is 2.35. The van der Waals surface area contributed by atoms with Crippen LogP contribution in [0.25, 0.3) is 0 Å². The van der Waals surface area contributed by atoms with Crippen molar-refractivity contribution in [3.05, 3.63) is 17.7 Å². The first-order valence-electron chi connectivity index (χ1n) is 9.14. The Hall–Kier alpha value is -2.95. The van der Waals surface area contributed by atoms with Crippen molar-refractivity contribution in [1.29, 1.82) is 5.26 Å². The van der Waals surface area contributed by atoms with Crippen molar-refractivity contribution in [3.63, 3.8) is 0 Å². The summed E-state index contributed by atoms with van der Waals surface area (Å²) in [5, 5.41) is 12.2. The zero-order valence-electron chi connectivity index (χ0n) is 16.7. The molecule has 1 saturated carbocycles. The van der Waals surface area contributed by atoms with Crippen LogP contribution >= 0.6 is 0 Å². The molecule has 1 aromatic rings. The molecule has 8 nitrogen and oxygen atoms in total. The fraction of sp³-hybridized carbons (Fsp3) is 0.550. The molecule has 0 bridgehead atoms. The minimum Gasteiger partial charge on any atom is -0.493 e. The molecule has 1 unspecified atom stereocenters. The fourth-order valence-corrected chi connectivity index (χ4v) is 3.24. The van der Waals surface area contributed by atoms with E-state index in [2.05, 4.69) is 11.4 Å². The maximum Gasteiger partial charge on any atom is 0.339 e. The summed E-state index contributed by atoms with van der Waals surface area (Å²) in [6, 6.07) is 5.11. The van der Waals surface area contributed by atoms with E-state index in [1.807, 2.05) is 0 Å². The molecule has 1 amide bonds. The number of carbonyl (C=O) groups excluding carboxylic acids is 2. The molecule has 28 heavy (non-hydrogen) atoms. The molecule has 152 valence electrons. The molecule has 8 heteroatoms. The van der Waals surface area contributed by atoms with Crippen LogP contribution in [0.15, 0.2) is 12.1 Å². The van der Waals surface area contributed by atoms with Crippen molar-refractivity contribution in [2.24, 2.45) is 0 Å². The van der Waals surface area contributed by atoms with Crippen LogP contribution in [-0.4, -0.2) is 44.8 Å². The van der Waals surface area contributed by atoms with Crippen LogP contribution in [0.5, 0.6) is 17.2 Å². The molecule has 0 aliphatic heterocycles. The van der Waals surface area contributed by atoms with Crippen LogP contribution in [0.3, 0.4) is 0 Å². The number of benzene rings is 1. The topological polar surface area (TPSA) is 107 Å². The van der Waals surface area contributed by atoms with Gasteiger partial charge in [-0.2, -0.15) is 5.26 Å². The molecule has 0 heterocycles. The number of hydrogen-bond donors (Lipinski definition) is 1. The van der Waals surface area contributed by atoms with Gasteiger partial charge in [0.2, 0.25) is 5.75 Å². The Morgan fingerprint density at radius 1 is 1.07 bits per heavy atom. The van der Waals surface area contributed by atoms with E-state index in [-0.39, 0.29) is 5.56 Å². The molecule has 1 fully saturated rings. The first-order chi connectivity index (χ1) is 13.4. The molecule has 1 atom stereocenters. The summed E-state index contributed by atoms with van der Waals surface area (Å²) in [6.45, 7) is 1.47. The summed E-state index contributed by atoms with van der Waals surface area (Å²) in [7, 11) is 4.34. The van der Waals surface area contributed by atoms with Gasteiger partial charge >= 0.3 is 5.97 Å². The first-order valence-corrected chi connectivity index (χ1v) is 9.14. The lowest BCUT2D eigenvalue weighted by molar-refractivity contribution is -0.130. The average Bonchev–Trinajstić information content (AvgIpc) is 2.72. The standard InChI is InChI=1S/C20H26N2O6/c1-13(18(23)22-20(12-21)8-6-5-7-9-20)28-19(24)14-10-15(25-2)17(27-4)16(11-14)26-3/h10-11,13H,5-9H2,1-4H3,(H,22,23). The van der Waals surface area contributed by atoms with Crippen LogP contribution in [0.1, 0.15) is 49.4 Å². The Bertz CT molecular complexity index is 739. The van der Waals surface area contributed by atoms with Crippen molar-refractivity contribution in [2.75, 3.05) is 21.3 Å². The number of esters is 1. The van der Waals surface area contributed by atoms with Gasteiger partial charge in [-0.1, -0.05) is 19.3 Å². The molecule has 0 radical (unpaired) electrons. The number of nitrogens with one attached hydrogen (secondary N) is 1. The maximum atomic E-state index is 12.5. The monoisotopic (exact) mass is 390 g/mol. The summed E-state index contributed by atoms with van der Waals surface area (Å²) in [4.78, 5) is 25.0. The fourth-order valence-electron chi connectivity index (χ4n) is 3.24. The van der Waals surface area contributed by atoms with Gasteiger partial charge in [0.25, 0.3) is 5.91 Å². The predicted octanol–water partition coefficient (Wildman–Crippen LogP) is 2.60. The van der Waals surface area contributed by atoms with E-state index in [1.54, 1.807) is 0 Å². The first kappa shape index (κ1) is 21.4. The predicted molar refractivity (Wildman–Crippen MR) is 101 cm³/mol. The smallest absolute Gasteiger partial charge is 0.339 e. The van der Waals surface area contributed by atoms with Crippen LogP contribution in [0, 0.1) is 11.3 Å². The van der Waals surface area contributed by atoms with Gasteiger partial charge in [-0.3, -0.25) is 4.79 Å². The van der Waals surface area contributed by atoms with Gasteiger partial charge in [0.05, 0.1) is 33.0 Å². The second kappa shape index (κ2) is 9.31. The molecule has 0 aromatic heterocycles. The van der Waals surface area contributed by atoms with E-state index in [0.29, 0.717) is 30.1 Å². The zero-order chi connectivity index (χ0) is 20.7. The van der Waals surface area contributed by atoms with Crippen molar-refractivity contribution >= 4 is 11.9 Å². The van der Waals surface area contributed by atoms with Gasteiger partial charge in [-0.25, -0.2) is 4.79 Å². The molecule has 2 rings (SSSR count). The number of nitrogens with zero attached hydrogens (tertiary/aromatic N) is 1. The van der Waals surface area contributed by atoms with Gasteiger partial charge in [0.1, 0.15) is 5.54 Å². The van der Waals surface area contributed by atoms with Gasteiger partial charge < -0.3 is 24.3 Å². The molecular formula is C20H26N2O6. The number of ether oxygens (including phenoxy) is 4. The Labute approximate surface area is 164 Å². The van der Waals surface area contributed by atoms with E-state index in [9.17, 15) is 14.9 Å². The second-order valence-corrected chi connectivity index (χ2v) is 6.71. The minimum absolute atomic E-state index is 0.154. The van der Waals surface area contributed by atoms with Crippen LogP contribution < -0.4 is 19.5 Å². The highest BCUT2D eigenvalue weighted by atomic mass is 16.5. The van der Waals surface area contributed by atoms with Gasteiger partial charge in [-0.15, -0.1) is 0 Å². The van der Waals surface area contributed by atoms with Crippen LogP contribution in [-0.2, 0) is 9.53 Å². The quantitative estimate of drug-likeness (QED) is 0.713. The molecule has 0 saturated heterocycles. The molecule has 1 N–H and O–H groups in total. The van der Waals surface area contributed by atoms with E-state index in [0.717, 1.165) is 19.3 Å². The Balaban J connectivity index is 2.11. The SMILES string of the molecule is COc1cc(C(=O)OC(C)C(=O)NC2(C#N)CCCCC2)cc(OC)c1OC. The largest absolute Gasteiger partial charge is 0.493 e. The van der Waals surface area contributed by atoms with Crippen molar-refractivity contribution in [1.82, 2.24) is 5.32 Å². The lowest BCUT2D eigenvalue weighted by Gasteiger charge is -2.32. The van der Waals surface area contributed by atoms with Crippen molar-refractivity contribution in [2.45, 2.75) is 50.7 Å². The summed E-state index contributed by atoms with van der Waals surface area (Å²) < 4.78 is 21.0. The molecular weight excluding hydrogens is 364 g/mol. The van der Waals surface area contributed by atoms with E-state index >= 15 is 0 Å². The summed E-state index contributed by atoms with van der Waals surface area (Å²) >= 11 is 0. The second-order valence-electron chi connectivity index (χ2n) is 6.71. The normalized spacial score (nSPS) is 16.2. The number of amides is 1. The van der Waals surface area contributed by atoms with Crippen molar-refractivity contribution in [3.8, 4) is 23.3 Å². The van der Waals surface area contributed by atoms with E-state index in [1.165, 1.54) is 40.4 Å². The molecule has 0 spiro atoms. The average molecular weight is 390 g/mol. The van der Waals surface area contributed by atoms with Gasteiger partial charge in [0.15, 0.2) is 17.6 Å². The summed E-state index contributed by atoms with van der Waals surface area (Å²) in [5.74, 6) is -0.255. The number of methoxy groups -OCH3 is 3. The van der Waals surface area contributed by atoms with Gasteiger partial charge in [-0.05, 0) is 31.9 Å². The number of carbonyl (C=O) groups is 2. The maximum absolute atomic E-state index is 12.5. The highest BCUT2D eigenvalue weighted by Crippen LogP contribution is 2.38. The van der Waals surface area contributed by atoms with Crippen molar-refractivity contribution < 1.29 is 28.5 Å². The lowest BCUT2D eigenvalue weighted by Crippen LogP contribution is -2.52. The Kier molecular flexibility index (Phi) is 7.10. The third-order valence-electron chi connectivity index (χ3n) is 4.84. The van der Waals surface area contributed by atoms with Crippen LogP contribution in [0.2, 0.25) is 0 Å². The van der Waals surface area contributed by atoms with Gasteiger partial charge in [0, 0.05) is 0 Å². The lowest BCUT2D eigenvalue weighted by atomic mass is 9.83. The highest BCUT2D eigenvalue weighted by molar-refractivity contribution is 5.93. The van der Waals surface area contributed by atoms with E-state index < -0.39 is 23.5 Å². The summed E-state index contributed by atoms with van der Waals surface area (Å²) in [5.41, 5.74) is -0.732. The molecule has 1 aliphatic rings. The molecule has 1 aliphatic carbocycles. The third-order valence-corrected chi connectivity index (χ3v) is 4.84. The number of rotatable bonds is 7. The van der Waals surface area contributed by atoms with E-state index in [4.69, 9.17) is 18.9 Å². The minimum atomic E-state index is -1.06. The zero-order valence-corrected chi connectivity index (χ0v) is 16.7. The molecule has 1 aromatic carbocycles. The summed E-state index contributed by atoms with van der Waals surface area (Å²) in [6.07, 6.45) is 2.95. The Morgan fingerprint density at radius 3 is 2.11 bits per heavy atom. The Morgan fingerprint density at radius 2 is 1.64 bits per heavy atom.